The molecule has 0 aliphatic rings. The number of nitrogens with one attached hydrogen (secondary N) is 1. The first-order valence-corrected chi connectivity index (χ1v) is 8.13. The van der Waals surface area contributed by atoms with Gasteiger partial charge < -0.3 is 0 Å². The van der Waals surface area contributed by atoms with E-state index < -0.39 is 0 Å². The Hall–Kier alpha value is -2.79. The van der Waals surface area contributed by atoms with Gasteiger partial charge in [-0.25, -0.2) is 5.43 Å². The van der Waals surface area contributed by atoms with Crippen molar-refractivity contribution in [2.75, 3.05) is 0 Å². The van der Waals surface area contributed by atoms with Crippen molar-refractivity contribution in [2.45, 2.75) is 0 Å². The Kier molecular flexibility index (Phi) is 5.13. The maximum absolute atomic E-state index is 12.3. The SMILES string of the molecule is O=C(NN=C(c1ccccc1)c1cccnc1)c1cccc(Br)c1. The molecular weight excluding hydrogens is 366 g/mol. The molecule has 0 aliphatic heterocycles. The second-order valence-corrected chi connectivity index (χ2v) is 5.94. The van der Waals surface area contributed by atoms with Gasteiger partial charge in [0.15, 0.2) is 0 Å². The number of halogens is 1. The molecule has 5 heteroatoms. The first-order valence-electron chi connectivity index (χ1n) is 7.33. The van der Waals surface area contributed by atoms with Crippen LogP contribution in [-0.4, -0.2) is 16.6 Å². The summed E-state index contributed by atoms with van der Waals surface area (Å²) in [6.45, 7) is 0. The molecule has 4 nitrogen and oxygen atoms in total. The summed E-state index contributed by atoms with van der Waals surface area (Å²) in [6.07, 6.45) is 3.42. The molecule has 118 valence electrons. The Labute approximate surface area is 148 Å². The molecule has 0 bridgehead atoms. The number of hydrogen-bond donors (Lipinski definition) is 1. The Bertz CT molecular complexity index is 823. The van der Waals surface area contributed by atoms with Crippen LogP contribution in [0.2, 0.25) is 0 Å². The number of benzene rings is 2. The zero-order valence-electron chi connectivity index (χ0n) is 12.7. The van der Waals surface area contributed by atoms with Crippen LogP contribution in [0.4, 0.5) is 0 Å². The van der Waals surface area contributed by atoms with Gasteiger partial charge in [-0.3, -0.25) is 9.78 Å². The second-order valence-electron chi connectivity index (χ2n) is 5.02. The summed E-state index contributed by atoms with van der Waals surface area (Å²) < 4.78 is 0.842. The normalized spacial score (nSPS) is 11.1. The standard InChI is InChI=1S/C19H14BrN3O/c20-17-10-4-8-15(12-17)19(24)23-22-18(14-6-2-1-3-7-14)16-9-5-11-21-13-16/h1-13H,(H,23,24). The predicted octanol–water partition coefficient (Wildman–Crippen LogP) is 4.03. The minimum Gasteiger partial charge on any atom is -0.267 e. The Morgan fingerprint density at radius 1 is 0.917 bits per heavy atom. The second kappa shape index (κ2) is 7.66. The minimum absolute atomic E-state index is 0.270. The molecule has 1 N–H and O–H groups in total. The monoisotopic (exact) mass is 379 g/mol. The van der Waals surface area contributed by atoms with Gasteiger partial charge in [-0.2, -0.15) is 5.10 Å². The van der Waals surface area contributed by atoms with E-state index in [1.54, 1.807) is 24.5 Å². The third-order valence-corrected chi connectivity index (χ3v) is 3.83. The van der Waals surface area contributed by atoms with E-state index in [2.05, 4.69) is 31.4 Å². The van der Waals surface area contributed by atoms with Gasteiger partial charge in [0, 0.05) is 33.6 Å². The van der Waals surface area contributed by atoms with Crippen LogP contribution >= 0.6 is 15.9 Å². The van der Waals surface area contributed by atoms with E-state index in [9.17, 15) is 4.79 Å². The van der Waals surface area contributed by atoms with Crippen molar-refractivity contribution >= 4 is 27.5 Å². The van der Waals surface area contributed by atoms with E-state index in [0.29, 0.717) is 11.3 Å². The van der Waals surface area contributed by atoms with Crippen LogP contribution < -0.4 is 5.43 Å². The molecule has 2 aromatic carbocycles. The molecule has 3 aromatic rings. The van der Waals surface area contributed by atoms with Crippen LogP contribution in [0.1, 0.15) is 21.5 Å². The summed E-state index contributed by atoms with van der Waals surface area (Å²) in [7, 11) is 0. The van der Waals surface area contributed by atoms with E-state index >= 15 is 0 Å². The zero-order chi connectivity index (χ0) is 16.8. The summed E-state index contributed by atoms with van der Waals surface area (Å²) in [4.78, 5) is 16.4. The number of hydrazone groups is 1. The van der Waals surface area contributed by atoms with Gasteiger partial charge in [-0.1, -0.05) is 52.3 Å². The highest BCUT2D eigenvalue weighted by molar-refractivity contribution is 9.10. The van der Waals surface area contributed by atoms with Gasteiger partial charge in [0.1, 0.15) is 0 Å². The third kappa shape index (κ3) is 3.94. The molecule has 24 heavy (non-hydrogen) atoms. The molecule has 0 aliphatic carbocycles. The predicted molar refractivity (Wildman–Crippen MR) is 97.9 cm³/mol. The number of pyridine rings is 1. The van der Waals surface area contributed by atoms with E-state index in [-0.39, 0.29) is 5.91 Å². The maximum Gasteiger partial charge on any atom is 0.271 e. The zero-order valence-corrected chi connectivity index (χ0v) is 14.3. The van der Waals surface area contributed by atoms with Crippen LogP contribution in [-0.2, 0) is 0 Å². The molecule has 0 atom stereocenters. The fourth-order valence-electron chi connectivity index (χ4n) is 2.20. The van der Waals surface area contributed by atoms with Gasteiger partial charge in [0.2, 0.25) is 0 Å². The lowest BCUT2D eigenvalue weighted by molar-refractivity contribution is 0.0955. The van der Waals surface area contributed by atoms with Crippen molar-refractivity contribution in [1.82, 2.24) is 10.4 Å². The van der Waals surface area contributed by atoms with Crippen LogP contribution in [0.25, 0.3) is 0 Å². The fraction of sp³-hybridized carbons (Fsp3) is 0. The number of aromatic nitrogens is 1. The smallest absolute Gasteiger partial charge is 0.267 e. The summed E-state index contributed by atoms with van der Waals surface area (Å²) >= 11 is 3.36. The van der Waals surface area contributed by atoms with E-state index in [4.69, 9.17) is 0 Å². The molecule has 1 amide bonds. The number of rotatable bonds is 4. The Morgan fingerprint density at radius 3 is 2.38 bits per heavy atom. The highest BCUT2D eigenvalue weighted by Crippen LogP contribution is 2.12. The molecule has 0 saturated heterocycles. The van der Waals surface area contributed by atoms with E-state index in [0.717, 1.165) is 15.6 Å². The van der Waals surface area contributed by atoms with Crippen molar-refractivity contribution in [3.8, 4) is 0 Å². The average Bonchev–Trinajstić information content (AvgIpc) is 2.63. The molecule has 0 spiro atoms. The van der Waals surface area contributed by atoms with Crippen LogP contribution in [0.3, 0.4) is 0 Å². The largest absolute Gasteiger partial charge is 0.271 e. The van der Waals surface area contributed by atoms with Gasteiger partial charge in [-0.05, 0) is 30.3 Å². The molecule has 0 fully saturated rings. The summed E-state index contributed by atoms with van der Waals surface area (Å²) in [5.74, 6) is -0.270. The Balaban J connectivity index is 1.91. The van der Waals surface area contributed by atoms with E-state index in [1.807, 2.05) is 54.6 Å². The quantitative estimate of drug-likeness (QED) is 0.549. The van der Waals surface area contributed by atoms with Gasteiger partial charge in [0.25, 0.3) is 5.91 Å². The molecule has 0 saturated carbocycles. The number of nitrogens with zero attached hydrogens (tertiary/aromatic N) is 2. The highest BCUT2D eigenvalue weighted by atomic mass is 79.9. The van der Waals surface area contributed by atoms with Gasteiger partial charge in [-0.15, -0.1) is 0 Å². The van der Waals surface area contributed by atoms with Crippen molar-refractivity contribution in [1.29, 1.82) is 0 Å². The highest BCUT2D eigenvalue weighted by Gasteiger charge is 2.09. The lowest BCUT2D eigenvalue weighted by Gasteiger charge is -2.08. The lowest BCUT2D eigenvalue weighted by atomic mass is 10.0. The van der Waals surface area contributed by atoms with Gasteiger partial charge in [0.05, 0.1) is 5.71 Å². The third-order valence-electron chi connectivity index (χ3n) is 3.34. The average molecular weight is 380 g/mol. The summed E-state index contributed by atoms with van der Waals surface area (Å²) in [5.41, 5.74) is 5.55. The van der Waals surface area contributed by atoms with Crippen molar-refractivity contribution in [2.24, 2.45) is 5.10 Å². The number of hydrogen-bond acceptors (Lipinski definition) is 3. The lowest BCUT2D eigenvalue weighted by Crippen LogP contribution is -2.20. The number of amides is 1. The maximum atomic E-state index is 12.3. The van der Waals surface area contributed by atoms with Crippen molar-refractivity contribution in [3.05, 3.63) is 100 Å². The molecule has 1 aromatic heterocycles. The molecular formula is C19H14BrN3O. The summed E-state index contributed by atoms with van der Waals surface area (Å²) in [5, 5.41) is 4.33. The molecule has 1 heterocycles. The van der Waals surface area contributed by atoms with Crippen LogP contribution in [0.5, 0.6) is 0 Å². The molecule has 0 unspecified atom stereocenters. The summed E-state index contributed by atoms with van der Waals surface area (Å²) in [6, 6.07) is 20.6. The fourth-order valence-corrected chi connectivity index (χ4v) is 2.59. The minimum atomic E-state index is -0.270. The topological polar surface area (TPSA) is 54.4 Å². The van der Waals surface area contributed by atoms with Crippen LogP contribution in [0.15, 0.2) is 88.7 Å². The van der Waals surface area contributed by atoms with Gasteiger partial charge >= 0.3 is 0 Å². The Morgan fingerprint density at radius 2 is 1.67 bits per heavy atom. The first kappa shape index (κ1) is 16.1. The number of carbonyl (C=O) groups excluding carboxylic acids is 1. The van der Waals surface area contributed by atoms with Crippen molar-refractivity contribution in [3.63, 3.8) is 0 Å². The van der Waals surface area contributed by atoms with Crippen LogP contribution in [0, 0.1) is 0 Å². The van der Waals surface area contributed by atoms with E-state index in [1.165, 1.54) is 0 Å². The molecule has 3 rings (SSSR count). The van der Waals surface area contributed by atoms with Crippen molar-refractivity contribution < 1.29 is 4.79 Å². The number of carbonyl (C=O) groups is 1. The first-order chi connectivity index (χ1) is 11.7. The molecule has 0 radical (unpaired) electrons.